The van der Waals surface area contributed by atoms with Crippen molar-refractivity contribution in [1.82, 2.24) is 4.90 Å². The van der Waals surface area contributed by atoms with E-state index in [9.17, 15) is 4.79 Å². The Morgan fingerprint density at radius 3 is 2.52 bits per heavy atom. The molecule has 4 heteroatoms. The molecule has 2 N–H and O–H groups in total. The molecule has 4 nitrogen and oxygen atoms in total. The largest absolute Gasteiger partial charge is 0.464 e. The molecule has 1 aliphatic heterocycles. The van der Waals surface area contributed by atoms with Gasteiger partial charge in [0.1, 0.15) is 5.54 Å². The van der Waals surface area contributed by atoms with Crippen molar-refractivity contribution in [2.24, 2.45) is 5.73 Å². The minimum absolute atomic E-state index is 0.326. The van der Waals surface area contributed by atoms with Crippen LogP contribution in [0.3, 0.4) is 0 Å². The fourth-order valence-electron chi connectivity index (χ4n) is 2.88. The summed E-state index contributed by atoms with van der Waals surface area (Å²) < 4.78 is 5.22. The summed E-state index contributed by atoms with van der Waals surface area (Å²) in [5.41, 5.74) is 6.25. The number of carbonyl (C=O) groups excluding carboxylic acids is 1. The third-order valence-electron chi connectivity index (χ3n) is 4.20. The molecule has 21 heavy (non-hydrogen) atoms. The van der Waals surface area contributed by atoms with Crippen molar-refractivity contribution in [3.05, 3.63) is 35.9 Å². The summed E-state index contributed by atoms with van der Waals surface area (Å²) in [6.45, 7) is 5.22. The van der Waals surface area contributed by atoms with Crippen molar-refractivity contribution in [3.63, 3.8) is 0 Å². The van der Waals surface area contributed by atoms with Gasteiger partial charge >= 0.3 is 5.97 Å². The molecule has 1 aromatic rings. The normalized spacial score (nSPS) is 19.0. The second-order valence-corrected chi connectivity index (χ2v) is 5.71. The van der Waals surface area contributed by atoms with E-state index >= 15 is 0 Å². The molecule has 0 radical (unpaired) electrons. The van der Waals surface area contributed by atoms with Gasteiger partial charge in [-0.25, -0.2) is 4.79 Å². The van der Waals surface area contributed by atoms with E-state index in [0.29, 0.717) is 13.0 Å². The first-order chi connectivity index (χ1) is 10.2. The molecule has 0 aromatic heterocycles. The lowest BCUT2D eigenvalue weighted by Crippen LogP contribution is -2.48. The lowest BCUT2D eigenvalue weighted by atomic mass is 9.87. The van der Waals surface area contributed by atoms with Gasteiger partial charge < -0.3 is 15.4 Å². The second kappa shape index (κ2) is 7.57. The number of rotatable bonds is 6. The lowest BCUT2D eigenvalue weighted by molar-refractivity contribution is -0.150. The highest BCUT2D eigenvalue weighted by Crippen LogP contribution is 2.25. The van der Waals surface area contributed by atoms with E-state index in [2.05, 4.69) is 4.90 Å². The summed E-state index contributed by atoms with van der Waals surface area (Å²) in [5, 5.41) is 0. The number of esters is 1. The quantitative estimate of drug-likeness (QED) is 0.817. The van der Waals surface area contributed by atoms with Crippen LogP contribution in [-0.4, -0.2) is 37.1 Å². The van der Waals surface area contributed by atoms with Gasteiger partial charge in [0.25, 0.3) is 0 Å². The number of nitrogens with two attached hydrogens (primary N) is 1. The maximum atomic E-state index is 12.4. The van der Waals surface area contributed by atoms with E-state index in [1.165, 1.54) is 19.3 Å². The molecular weight excluding hydrogens is 264 g/mol. The molecule has 1 heterocycles. The van der Waals surface area contributed by atoms with Gasteiger partial charge in [-0.15, -0.1) is 0 Å². The van der Waals surface area contributed by atoms with Crippen LogP contribution in [0.25, 0.3) is 0 Å². The van der Waals surface area contributed by atoms with Gasteiger partial charge in [0, 0.05) is 6.54 Å². The molecule has 0 bridgehead atoms. The molecule has 1 fully saturated rings. The molecule has 1 atom stereocenters. The van der Waals surface area contributed by atoms with Crippen molar-refractivity contribution >= 4 is 5.97 Å². The smallest absolute Gasteiger partial charge is 0.330 e. The van der Waals surface area contributed by atoms with Crippen LogP contribution >= 0.6 is 0 Å². The van der Waals surface area contributed by atoms with Gasteiger partial charge in [-0.3, -0.25) is 0 Å². The van der Waals surface area contributed by atoms with E-state index in [-0.39, 0.29) is 5.97 Å². The number of nitrogens with zero attached hydrogens (tertiary/aromatic N) is 1. The van der Waals surface area contributed by atoms with E-state index in [1.54, 1.807) is 0 Å². The molecule has 0 spiro atoms. The molecule has 116 valence electrons. The summed E-state index contributed by atoms with van der Waals surface area (Å²) >= 11 is 0. The Bertz CT molecular complexity index is 443. The summed E-state index contributed by atoms with van der Waals surface area (Å²) in [6, 6.07) is 9.58. The maximum Gasteiger partial charge on any atom is 0.330 e. The molecule has 0 saturated carbocycles. The molecule has 1 aliphatic rings. The van der Waals surface area contributed by atoms with E-state index in [4.69, 9.17) is 10.5 Å². The van der Waals surface area contributed by atoms with Crippen molar-refractivity contribution < 1.29 is 9.53 Å². The van der Waals surface area contributed by atoms with Crippen molar-refractivity contribution in [2.75, 3.05) is 26.2 Å². The minimum atomic E-state index is -1.05. The average Bonchev–Trinajstić information content (AvgIpc) is 2.54. The van der Waals surface area contributed by atoms with Crippen LogP contribution < -0.4 is 5.73 Å². The molecule has 0 aliphatic carbocycles. The van der Waals surface area contributed by atoms with Crippen molar-refractivity contribution in [1.29, 1.82) is 0 Å². The number of carbonyl (C=O) groups is 1. The van der Waals surface area contributed by atoms with E-state index in [1.807, 2.05) is 37.3 Å². The monoisotopic (exact) mass is 290 g/mol. The first-order valence-corrected chi connectivity index (χ1v) is 7.91. The van der Waals surface area contributed by atoms with Crippen LogP contribution in [0.5, 0.6) is 0 Å². The van der Waals surface area contributed by atoms with Crippen LogP contribution in [0.15, 0.2) is 30.3 Å². The van der Waals surface area contributed by atoms with Gasteiger partial charge in [-0.05, 0) is 44.8 Å². The third-order valence-corrected chi connectivity index (χ3v) is 4.20. The Hall–Kier alpha value is -1.39. The van der Waals surface area contributed by atoms with Crippen LogP contribution in [0.2, 0.25) is 0 Å². The highest BCUT2D eigenvalue weighted by atomic mass is 16.5. The zero-order valence-corrected chi connectivity index (χ0v) is 12.9. The topological polar surface area (TPSA) is 55.6 Å². The molecule has 0 amide bonds. The Labute approximate surface area is 127 Å². The van der Waals surface area contributed by atoms with Crippen molar-refractivity contribution in [2.45, 2.75) is 38.1 Å². The molecule has 1 unspecified atom stereocenters. The number of hydrogen-bond acceptors (Lipinski definition) is 4. The number of benzene rings is 1. The van der Waals surface area contributed by atoms with Gasteiger partial charge in [-0.2, -0.15) is 0 Å². The highest BCUT2D eigenvalue weighted by molar-refractivity contribution is 5.82. The van der Waals surface area contributed by atoms with Gasteiger partial charge in [-0.1, -0.05) is 36.8 Å². The lowest BCUT2D eigenvalue weighted by Gasteiger charge is -2.32. The summed E-state index contributed by atoms with van der Waals surface area (Å²) in [6.07, 6.45) is 4.38. The predicted molar refractivity (Wildman–Crippen MR) is 83.8 cm³/mol. The van der Waals surface area contributed by atoms with Crippen LogP contribution in [0, 0.1) is 0 Å². The van der Waals surface area contributed by atoms with Gasteiger partial charge in [0.15, 0.2) is 0 Å². The fourth-order valence-corrected chi connectivity index (χ4v) is 2.88. The van der Waals surface area contributed by atoms with Crippen LogP contribution in [-0.2, 0) is 15.1 Å². The zero-order valence-electron chi connectivity index (χ0n) is 12.9. The highest BCUT2D eigenvalue weighted by Gasteiger charge is 2.37. The zero-order chi connectivity index (χ0) is 15.1. The Morgan fingerprint density at radius 2 is 1.90 bits per heavy atom. The number of piperidine rings is 1. The average molecular weight is 290 g/mol. The molecule has 1 saturated heterocycles. The van der Waals surface area contributed by atoms with Crippen molar-refractivity contribution in [3.8, 4) is 0 Å². The Kier molecular flexibility index (Phi) is 5.76. The molecular formula is C17H26N2O2. The standard InChI is InChI=1S/C17H26N2O2/c1-2-21-16(20)17(18,15-9-5-3-6-10-15)11-14-19-12-7-4-8-13-19/h3,5-6,9-10H,2,4,7-8,11-14,18H2,1H3. The third kappa shape index (κ3) is 4.05. The van der Waals surface area contributed by atoms with E-state index in [0.717, 1.165) is 25.2 Å². The first-order valence-electron chi connectivity index (χ1n) is 7.91. The number of hydrogen-bond donors (Lipinski definition) is 1. The second-order valence-electron chi connectivity index (χ2n) is 5.71. The van der Waals surface area contributed by atoms with Crippen LogP contribution in [0.1, 0.15) is 38.2 Å². The summed E-state index contributed by atoms with van der Waals surface area (Å²) in [5.74, 6) is -0.326. The van der Waals surface area contributed by atoms with Crippen LogP contribution in [0.4, 0.5) is 0 Å². The number of likely N-dealkylation sites (tertiary alicyclic amines) is 1. The van der Waals surface area contributed by atoms with Gasteiger partial charge in [0.05, 0.1) is 6.61 Å². The summed E-state index contributed by atoms with van der Waals surface area (Å²) in [7, 11) is 0. The van der Waals surface area contributed by atoms with Gasteiger partial charge in [0.2, 0.25) is 0 Å². The number of ether oxygens (including phenoxy) is 1. The Balaban J connectivity index is 2.09. The predicted octanol–water partition coefficient (Wildman–Crippen LogP) is 2.28. The molecule has 2 rings (SSSR count). The summed E-state index contributed by atoms with van der Waals surface area (Å²) in [4.78, 5) is 14.8. The SMILES string of the molecule is CCOC(=O)C(N)(CCN1CCCCC1)c1ccccc1. The maximum absolute atomic E-state index is 12.4. The fraction of sp³-hybridized carbons (Fsp3) is 0.588. The first kappa shape index (κ1) is 16.0. The Morgan fingerprint density at radius 1 is 1.24 bits per heavy atom. The molecule has 1 aromatic carbocycles. The van der Waals surface area contributed by atoms with E-state index < -0.39 is 5.54 Å². The minimum Gasteiger partial charge on any atom is -0.464 e.